The van der Waals surface area contributed by atoms with E-state index < -0.39 is 5.41 Å². The highest BCUT2D eigenvalue weighted by Gasteiger charge is 2.21. The minimum absolute atomic E-state index is 0.162. The maximum atomic E-state index is 13.6. The summed E-state index contributed by atoms with van der Waals surface area (Å²) in [5.41, 5.74) is 4.19. The summed E-state index contributed by atoms with van der Waals surface area (Å²) in [6.45, 7) is 9.56. The smallest absolute Gasteiger partial charge is 0.265 e. The Labute approximate surface area is 234 Å². The van der Waals surface area contributed by atoms with Crippen molar-refractivity contribution in [1.82, 2.24) is 14.5 Å². The number of aryl methyl sites for hydroxylation is 1. The molecule has 8 heteroatoms. The van der Waals surface area contributed by atoms with Gasteiger partial charge < -0.3 is 15.1 Å². The molecule has 3 aromatic carbocycles. The van der Waals surface area contributed by atoms with E-state index in [9.17, 15) is 14.9 Å². The van der Waals surface area contributed by atoms with Crippen LogP contribution in [0.5, 0.6) is 0 Å². The van der Waals surface area contributed by atoms with Crippen molar-refractivity contribution in [3.63, 3.8) is 0 Å². The summed E-state index contributed by atoms with van der Waals surface area (Å²) in [7, 11) is 2.14. The van der Waals surface area contributed by atoms with Crippen LogP contribution >= 0.6 is 0 Å². The molecule has 1 aliphatic heterocycles. The average molecular weight is 535 g/mol. The van der Waals surface area contributed by atoms with E-state index in [-0.39, 0.29) is 11.5 Å². The minimum Gasteiger partial charge on any atom is -0.370 e. The van der Waals surface area contributed by atoms with Crippen molar-refractivity contribution in [2.75, 3.05) is 43.4 Å². The Morgan fingerprint density at radius 3 is 2.65 bits per heavy atom. The molecule has 0 atom stereocenters. The molecule has 1 fully saturated rings. The number of hydrogen-bond donors (Lipinski definition) is 1. The number of amides is 1. The summed E-state index contributed by atoms with van der Waals surface area (Å²) in [4.78, 5) is 36.0. The normalized spacial score (nSPS) is 14.5. The van der Waals surface area contributed by atoms with E-state index in [4.69, 9.17) is 0 Å². The van der Waals surface area contributed by atoms with Crippen LogP contribution in [0.4, 0.5) is 11.4 Å². The lowest BCUT2D eigenvalue weighted by Gasteiger charge is -2.23. The number of fused-ring (bicyclic) bond motifs is 1. The number of benzene rings is 3. The van der Waals surface area contributed by atoms with E-state index >= 15 is 0 Å². The van der Waals surface area contributed by atoms with E-state index in [1.54, 1.807) is 30.6 Å². The third-order valence-corrected chi connectivity index (χ3v) is 7.68. The van der Waals surface area contributed by atoms with Gasteiger partial charge in [-0.3, -0.25) is 14.2 Å². The molecule has 0 bridgehead atoms. The monoisotopic (exact) mass is 534 g/mol. The van der Waals surface area contributed by atoms with E-state index in [1.165, 1.54) is 4.57 Å². The third-order valence-electron chi connectivity index (χ3n) is 7.68. The number of hydrogen-bond acceptors (Lipinski definition) is 6. The summed E-state index contributed by atoms with van der Waals surface area (Å²) >= 11 is 0. The summed E-state index contributed by atoms with van der Waals surface area (Å²) in [5.74, 6) is -0.290. The molecule has 40 heavy (non-hydrogen) atoms. The van der Waals surface area contributed by atoms with Gasteiger partial charge in [0.1, 0.15) is 6.33 Å². The largest absolute Gasteiger partial charge is 0.370 e. The van der Waals surface area contributed by atoms with Gasteiger partial charge in [-0.1, -0.05) is 18.2 Å². The van der Waals surface area contributed by atoms with Crippen molar-refractivity contribution >= 4 is 28.2 Å². The number of aromatic nitrogens is 2. The predicted octanol–water partition coefficient (Wildman–Crippen LogP) is 4.89. The summed E-state index contributed by atoms with van der Waals surface area (Å²) in [6.07, 6.45) is 2.66. The fourth-order valence-corrected chi connectivity index (χ4v) is 5.05. The van der Waals surface area contributed by atoms with E-state index in [1.807, 2.05) is 57.2 Å². The zero-order valence-electron chi connectivity index (χ0n) is 23.4. The lowest BCUT2D eigenvalue weighted by Crippen LogP contribution is -2.28. The van der Waals surface area contributed by atoms with Gasteiger partial charge in [-0.25, -0.2) is 4.98 Å². The Bertz CT molecular complexity index is 1680. The first kappa shape index (κ1) is 27.1. The average Bonchev–Trinajstić information content (AvgIpc) is 3.18. The molecule has 1 amide bonds. The number of likely N-dealkylation sites (N-methyl/N-ethyl adjacent to an activating group) is 1. The Kier molecular flexibility index (Phi) is 7.42. The number of nitrogens with zero attached hydrogens (tertiary/aromatic N) is 5. The van der Waals surface area contributed by atoms with Crippen LogP contribution in [0.15, 0.2) is 71.8 Å². The van der Waals surface area contributed by atoms with Crippen molar-refractivity contribution in [2.45, 2.75) is 32.6 Å². The van der Waals surface area contributed by atoms with Gasteiger partial charge in [-0.15, -0.1) is 0 Å². The van der Waals surface area contributed by atoms with Gasteiger partial charge in [0.15, 0.2) is 0 Å². The van der Waals surface area contributed by atoms with Crippen molar-refractivity contribution < 1.29 is 4.79 Å². The predicted molar refractivity (Wildman–Crippen MR) is 159 cm³/mol. The van der Waals surface area contributed by atoms with E-state index in [2.05, 4.69) is 33.2 Å². The van der Waals surface area contributed by atoms with Crippen LogP contribution in [0, 0.1) is 18.3 Å². The lowest BCUT2D eigenvalue weighted by atomic mass is 9.85. The Morgan fingerprint density at radius 2 is 1.85 bits per heavy atom. The second kappa shape index (κ2) is 10.9. The first-order valence-corrected chi connectivity index (χ1v) is 13.6. The molecule has 0 aliphatic carbocycles. The molecule has 204 valence electrons. The van der Waals surface area contributed by atoms with Gasteiger partial charge in [-0.05, 0) is 94.4 Å². The van der Waals surface area contributed by atoms with Crippen LogP contribution in [0.25, 0.3) is 16.6 Å². The van der Waals surface area contributed by atoms with Crippen molar-refractivity contribution in [2.24, 2.45) is 0 Å². The maximum Gasteiger partial charge on any atom is 0.265 e. The molecule has 1 aliphatic rings. The second-order valence-corrected chi connectivity index (χ2v) is 11.0. The third kappa shape index (κ3) is 5.47. The van der Waals surface area contributed by atoms with Gasteiger partial charge in [0.2, 0.25) is 0 Å². The highest BCUT2D eigenvalue weighted by atomic mass is 16.1. The van der Waals surface area contributed by atoms with Gasteiger partial charge >= 0.3 is 0 Å². The number of carbonyl (C=O) groups is 1. The van der Waals surface area contributed by atoms with Gasteiger partial charge in [0.25, 0.3) is 11.5 Å². The SMILES string of the molecule is Cc1ccc(NC(=O)c2cccc(C(C)(C)C#N)c2)cc1-n1cnc2cc(N3CCCN(C)CC3)ccc2c1=O. The summed E-state index contributed by atoms with van der Waals surface area (Å²) in [5, 5.41) is 13.0. The molecule has 0 spiro atoms. The van der Waals surface area contributed by atoms with Crippen molar-refractivity contribution in [3.8, 4) is 11.8 Å². The quantitative estimate of drug-likeness (QED) is 0.392. The first-order chi connectivity index (χ1) is 19.2. The van der Waals surface area contributed by atoms with Crippen LogP contribution in [-0.2, 0) is 5.41 Å². The van der Waals surface area contributed by atoms with Gasteiger partial charge in [0, 0.05) is 36.6 Å². The molecule has 2 heterocycles. The minimum atomic E-state index is -0.706. The zero-order chi connectivity index (χ0) is 28.4. The number of anilines is 2. The fourth-order valence-electron chi connectivity index (χ4n) is 5.05. The van der Waals surface area contributed by atoms with E-state index in [0.29, 0.717) is 27.8 Å². The molecule has 1 N–H and O–H groups in total. The second-order valence-electron chi connectivity index (χ2n) is 11.0. The zero-order valence-corrected chi connectivity index (χ0v) is 23.4. The summed E-state index contributed by atoms with van der Waals surface area (Å²) < 4.78 is 1.53. The Morgan fingerprint density at radius 1 is 1.02 bits per heavy atom. The van der Waals surface area contributed by atoms with Crippen molar-refractivity contribution in [3.05, 3.63) is 94.0 Å². The molecular formula is C32H34N6O2. The van der Waals surface area contributed by atoms with Crippen LogP contribution in [-0.4, -0.2) is 53.6 Å². The molecule has 5 rings (SSSR count). The summed E-state index contributed by atoms with van der Waals surface area (Å²) in [6, 6.07) is 20.7. The highest BCUT2D eigenvalue weighted by molar-refractivity contribution is 6.04. The number of nitriles is 1. The number of rotatable bonds is 5. The number of nitrogens with one attached hydrogen (secondary N) is 1. The molecule has 4 aromatic rings. The Balaban J connectivity index is 1.42. The highest BCUT2D eigenvalue weighted by Crippen LogP contribution is 2.25. The lowest BCUT2D eigenvalue weighted by molar-refractivity contribution is 0.102. The number of carbonyl (C=O) groups excluding carboxylic acids is 1. The van der Waals surface area contributed by atoms with Gasteiger partial charge in [-0.2, -0.15) is 5.26 Å². The van der Waals surface area contributed by atoms with Gasteiger partial charge in [0.05, 0.1) is 28.1 Å². The molecule has 0 unspecified atom stereocenters. The molecule has 1 saturated heterocycles. The maximum absolute atomic E-state index is 13.6. The topological polar surface area (TPSA) is 94.3 Å². The van der Waals surface area contributed by atoms with Crippen LogP contribution in [0.1, 0.15) is 41.8 Å². The first-order valence-electron chi connectivity index (χ1n) is 13.6. The Hall–Kier alpha value is -4.48. The van der Waals surface area contributed by atoms with Crippen LogP contribution in [0.3, 0.4) is 0 Å². The van der Waals surface area contributed by atoms with E-state index in [0.717, 1.165) is 49.4 Å². The molecular weight excluding hydrogens is 500 g/mol. The van der Waals surface area contributed by atoms with Crippen LogP contribution < -0.4 is 15.8 Å². The standard InChI is InChI=1S/C32H34N6O2/c1-22-9-10-25(35-30(39)23-7-5-8-24(17-23)32(2,3)20-33)18-29(22)38-21-34-28-19-26(11-12-27(28)31(38)40)37-14-6-13-36(4)15-16-37/h5,7-12,17-19,21H,6,13-16H2,1-4H3,(H,35,39). The van der Waals surface area contributed by atoms with Crippen molar-refractivity contribution in [1.29, 1.82) is 5.26 Å². The molecule has 1 aromatic heterocycles. The molecule has 0 saturated carbocycles. The van der Waals surface area contributed by atoms with Crippen LogP contribution in [0.2, 0.25) is 0 Å². The molecule has 8 nitrogen and oxygen atoms in total. The fraction of sp³-hybridized carbons (Fsp3) is 0.312. The molecule has 0 radical (unpaired) electrons.